The minimum absolute atomic E-state index is 0.279. The number of hydrogen-bond donors (Lipinski definition) is 1. The van der Waals surface area contributed by atoms with Crippen molar-refractivity contribution in [3.8, 4) is 22.9 Å². The molecule has 4 rings (SSSR count). The van der Waals surface area contributed by atoms with Crippen molar-refractivity contribution >= 4 is 21.9 Å². The third-order valence-electron chi connectivity index (χ3n) is 6.88. The number of aromatic nitrogens is 3. The summed E-state index contributed by atoms with van der Waals surface area (Å²) in [7, 11) is 1.59. The summed E-state index contributed by atoms with van der Waals surface area (Å²) >= 11 is 3.45. The SMILES string of the molecule is COc1ccc(Oc2c(C)cc(-n3nc(C(=O)OC4CCC(C)C(C)C4)c(=O)[nH]c3=O)cc2C)cc1Br. The van der Waals surface area contributed by atoms with Gasteiger partial charge in [0.25, 0.3) is 5.56 Å². The number of hydrogen-bond acceptors (Lipinski definition) is 7. The molecule has 0 spiro atoms. The molecule has 1 N–H and O–H groups in total. The highest BCUT2D eigenvalue weighted by molar-refractivity contribution is 9.10. The van der Waals surface area contributed by atoms with Gasteiger partial charge < -0.3 is 14.2 Å². The van der Waals surface area contributed by atoms with Gasteiger partial charge in [-0.1, -0.05) is 13.8 Å². The molecule has 2 aromatic carbocycles. The molecular weight excluding hydrogens is 542 g/mol. The highest BCUT2D eigenvalue weighted by atomic mass is 79.9. The van der Waals surface area contributed by atoms with Gasteiger partial charge in [-0.2, -0.15) is 9.78 Å². The van der Waals surface area contributed by atoms with Crippen molar-refractivity contribution in [1.29, 1.82) is 0 Å². The first-order valence-corrected chi connectivity index (χ1v) is 12.9. The number of aryl methyl sites for hydroxylation is 2. The van der Waals surface area contributed by atoms with Gasteiger partial charge in [0, 0.05) is 0 Å². The fourth-order valence-electron chi connectivity index (χ4n) is 4.56. The Hall–Kier alpha value is -3.40. The summed E-state index contributed by atoms with van der Waals surface area (Å²) in [6.07, 6.45) is 2.14. The Morgan fingerprint density at radius 3 is 2.41 bits per heavy atom. The van der Waals surface area contributed by atoms with Crippen LogP contribution in [0.25, 0.3) is 5.69 Å². The average molecular weight is 572 g/mol. The molecule has 1 fully saturated rings. The van der Waals surface area contributed by atoms with E-state index in [0.717, 1.165) is 39.5 Å². The van der Waals surface area contributed by atoms with Crippen LogP contribution >= 0.6 is 15.9 Å². The maximum Gasteiger partial charge on any atom is 0.364 e. The number of nitrogens with zero attached hydrogens (tertiary/aromatic N) is 2. The molecule has 0 radical (unpaired) electrons. The Bertz CT molecular complexity index is 1420. The van der Waals surface area contributed by atoms with Crippen molar-refractivity contribution < 1.29 is 19.0 Å². The molecule has 196 valence electrons. The van der Waals surface area contributed by atoms with Crippen molar-refractivity contribution in [3.63, 3.8) is 0 Å². The fourth-order valence-corrected chi connectivity index (χ4v) is 5.08. The van der Waals surface area contributed by atoms with E-state index in [4.69, 9.17) is 14.2 Å². The monoisotopic (exact) mass is 571 g/mol. The van der Waals surface area contributed by atoms with E-state index in [0.29, 0.717) is 34.8 Å². The number of carbonyl (C=O) groups excluding carboxylic acids is 1. The summed E-state index contributed by atoms with van der Waals surface area (Å²) in [6, 6.07) is 8.78. The van der Waals surface area contributed by atoms with Gasteiger partial charge in [0.1, 0.15) is 23.4 Å². The number of carbonyl (C=O) groups is 1. The van der Waals surface area contributed by atoms with Gasteiger partial charge in [0.15, 0.2) is 0 Å². The average Bonchev–Trinajstić information content (AvgIpc) is 2.83. The van der Waals surface area contributed by atoms with Crippen LogP contribution in [0.1, 0.15) is 54.7 Å². The molecule has 0 bridgehead atoms. The zero-order valence-corrected chi connectivity index (χ0v) is 23.0. The number of esters is 1. The van der Waals surface area contributed by atoms with Crippen LogP contribution in [0.5, 0.6) is 17.2 Å². The summed E-state index contributed by atoms with van der Waals surface area (Å²) in [6.45, 7) is 7.98. The molecule has 3 unspecified atom stereocenters. The van der Waals surface area contributed by atoms with Gasteiger partial charge in [-0.25, -0.2) is 9.59 Å². The number of nitrogens with one attached hydrogen (secondary N) is 1. The van der Waals surface area contributed by atoms with Crippen LogP contribution in [0.2, 0.25) is 0 Å². The molecule has 1 heterocycles. The molecule has 3 aromatic rings. The lowest BCUT2D eigenvalue weighted by atomic mass is 9.80. The molecule has 1 aliphatic carbocycles. The molecule has 3 atom stereocenters. The number of methoxy groups -OCH3 is 1. The van der Waals surface area contributed by atoms with E-state index in [1.54, 1.807) is 37.4 Å². The van der Waals surface area contributed by atoms with E-state index in [9.17, 15) is 14.4 Å². The predicted molar refractivity (Wildman–Crippen MR) is 142 cm³/mol. The largest absolute Gasteiger partial charge is 0.496 e. The van der Waals surface area contributed by atoms with E-state index in [2.05, 4.69) is 39.9 Å². The quantitative estimate of drug-likeness (QED) is 0.410. The number of rotatable bonds is 6. The number of ether oxygens (including phenoxy) is 3. The van der Waals surface area contributed by atoms with Crippen molar-refractivity contribution in [2.75, 3.05) is 7.11 Å². The number of aromatic amines is 1. The molecule has 1 saturated carbocycles. The van der Waals surface area contributed by atoms with Crippen LogP contribution in [-0.2, 0) is 4.74 Å². The highest BCUT2D eigenvalue weighted by Gasteiger charge is 2.29. The second-order valence-electron chi connectivity index (χ2n) is 9.62. The zero-order chi connectivity index (χ0) is 26.9. The number of H-pyrrole nitrogens is 1. The molecule has 0 amide bonds. The highest BCUT2D eigenvalue weighted by Crippen LogP contribution is 2.35. The Kier molecular flexibility index (Phi) is 7.87. The van der Waals surface area contributed by atoms with E-state index >= 15 is 0 Å². The molecule has 0 saturated heterocycles. The lowest BCUT2D eigenvalue weighted by molar-refractivity contribution is 0.00775. The summed E-state index contributed by atoms with van der Waals surface area (Å²) < 4.78 is 18.7. The van der Waals surface area contributed by atoms with Gasteiger partial charge in [-0.05, 0) is 102 Å². The van der Waals surface area contributed by atoms with Crippen LogP contribution < -0.4 is 20.7 Å². The third-order valence-corrected chi connectivity index (χ3v) is 7.50. The number of halogens is 1. The van der Waals surface area contributed by atoms with Crippen LogP contribution in [-0.4, -0.2) is 33.9 Å². The minimum Gasteiger partial charge on any atom is -0.496 e. The fraction of sp³-hybridized carbons (Fsp3) is 0.407. The molecule has 9 nitrogen and oxygen atoms in total. The van der Waals surface area contributed by atoms with Crippen molar-refractivity contribution in [3.05, 3.63) is 72.5 Å². The first-order valence-electron chi connectivity index (χ1n) is 12.1. The summed E-state index contributed by atoms with van der Waals surface area (Å²) in [5, 5.41) is 4.09. The van der Waals surface area contributed by atoms with Crippen molar-refractivity contribution in [1.82, 2.24) is 14.8 Å². The van der Waals surface area contributed by atoms with Gasteiger partial charge >= 0.3 is 11.7 Å². The Morgan fingerprint density at radius 2 is 1.78 bits per heavy atom. The number of benzene rings is 2. The Balaban J connectivity index is 1.61. The molecule has 0 aliphatic heterocycles. The van der Waals surface area contributed by atoms with Gasteiger partial charge in [0.05, 0.1) is 17.3 Å². The van der Waals surface area contributed by atoms with Crippen LogP contribution in [0.3, 0.4) is 0 Å². The second kappa shape index (κ2) is 10.9. The van der Waals surface area contributed by atoms with E-state index in [-0.39, 0.29) is 6.10 Å². The Morgan fingerprint density at radius 1 is 1.08 bits per heavy atom. The molecule has 1 aromatic heterocycles. The maximum atomic E-state index is 12.8. The lowest BCUT2D eigenvalue weighted by Crippen LogP contribution is -2.37. The topological polar surface area (TPSA) is 113 Å². The standard InChI is InChI=1S/C27H30BrN3O6/c1-14-6-7-19(12-15(14)2)37-26(33)23-25(32)29-27(34)31(30-23)18-10-16(3)24(17(4)11-18)36-20-8-9-22(35-5)21(28)13-20/h8-11,13-15,19H,6-7,12H2,1-5H3,(H,29,32,34). The third kappa shape index (κ3) is 5.79. The predicted octanol–water partition coefficient (Wildman–Crippen LogP) is 5.08. The minimum atomic E-state index is -0.873. The maximum absolute atomic E-state index is 12.8. The molecule has 1 aliphatic rings. The lowest BCUT2D eigenvalue weighted by Gasteiger charge is -2.31. The molecule has 37 heavy (non-hydrogen) atoms. The van der Waals surface area contributed by atoms with Crippen molar-refractivity contribution in [2.45, 2.75) is 53.1 Å². The zero-order valence-electron chi connectivity index (χ0n) is 21.5. The van der Waals surface area contributed by atoms with Crippen LogP contribution in [0, 0.1) is 25.7 Å². The smallest absolute Gasteiger partial charge is 0.364 e. The van der Waals surface area contributed by atoms with E-state index in [1.165, 1.54) is 0 Å². The summed E-state index contributed by atoms with van der Waals surface area (Å²) in [5.74, 6) is 2.03. The van der Waals surface area contributed by atoms with E-state index < -0.39 is 22.9 Å². The summed E-state index contributed by atoms with van der Waals surface area (Å²) in [5.41, 5.74) is -0.235. The van der Waals surface area contributed by atoms with Crippen LogP contribution in [0.15, 0.2) is 44.4 Å². The first-order chi connectivity index (χ1) is 17.6. The molecular formula is C27H30BrN3O6. The first kappa shape index (κ1) is 26.7. The van der Waals surface area contributed by atoms with Crippen LogP contribution in [0.4, 0.5) is 0 Å². The van der Waals surface area contributed by atoms with Crippen molar-refractivity contribution in [2.24, 2.45) is 11.8 Å². The molecule has 10 heteroatoms. The van der Waals surface area contributed by atoms with E-state index in [1.807, 2.05) is 13.8 Å². The Labute approximate surface area is 222 Å². The summed E-state index contributed by atoms with van der Waals surface area (Å²) in [4.78, 5) is 40.1. The van der Waals surface area contributed by atoms with Gasteiger partial charge in [-0.3, -0.25) is 9.78 Å². The van der Waals surface area contributed by atoms with Gasteiger partial charge in [0.2, 0.25) is 5.69 Å². The normalized spacial score (nSPS) is 19.4. The van der Waals surface area contributed by atoms with Gasteiger partial charge in [-0.15, -0.1) is 0 Å². The second-order valence-corrected chi connectivity index (χ2v) is 10.5.